The molecule has 4 heteroatoms. The van der Waals surface area contributed by atoms with Gasteiger partial charge >= 0.3 is 0 Å². The smallest absolute Gasteiger partial charge is 0.122 e. The zero-order valence-corrected chi connectivity index (χ0v) is 11.4. The molecule has 0 spiro atoms. The number of pyridine rings is 1. The molecule has 0 saturated heterocycles. The minimum atomic E-state index is 0.0534. The van der Waals surface area contributed by atoms with Crippen molar-refractivity contribution in [3.63, 3.8) is 0 Å². The third-order valence-corrected chi connectivity index (χ3v) is 3.01. The van der Waals surface area contributed by atoms with E-state index in [0.29, 0.717) is 0 Å². The van der Waals surface area contributed by atoms with Crippen LogP contribution in [0, 0.1) is 0 Å². The topological polar surface area (TPSA) is 43.4 Å². The molecular formula is C15H18N2O2. The molecule has 0 saturated carbocycles. The van der Waals surface area contributed by atoms with Crippen LogP contribution in [0.3, 0.4) is 0 Å². The Kier molecular flexibility index (Phi) is 4.36. The Morgan fingerprint density at radius 1 is 1.05 bits per heavy atom. The van der Waals surface area contributed by atoms with Gasteiger partial charge in [-0.15, -0.1) is 0 Å². The van der Waals surface area contributed by atoms with Crippen molar-refractivity contribution in [2.45, 2.75) is 6.04 Å². The number of methoxy groups -OCH3 is 2. The molecule has 1 aromatic carbocycles. The monoisotopic (exact) mass is 258 g/mol. The van der Waals surface area contributed by atoms with Crippen molar-refractivity contribution in [1.82, 2.24) is 10.3 Å². The number of hydrogen-bond donors (Lipinski definition) is 1. The van der Waals surface area contributed by atoms with Crippen molar-refractivity contribution < 1.29 is 9.47 Å². The van der Waals surface area contributed by atoms with Crippen LogP contribution >= 0.6 is 0 Å². The lowest BCUT2D eigenvalue weighted by molar-refractivity contribution is 0.392. The normalized spacial score (nSPS) is 11.9. The lowest BCUT2D eigenvalue weighted by Gasteiger charge is -2.18. The van der Waals surface area contributed by atoms with Gasteiger partial charge in [0.25, 0.3) is 0 Å². The van der Waals surface area contributed by atoms with E-state index >= 15 is 0 Å². The van der Waals surface area contributed by atoms with E-state index in [1.807, 2.05) is 43.6 Å². The fourth-order valence-corrected chi connectivity index (χ4v) is 2.07. The molecule has 2 rings (SSSR count). The zero-order valence-electron chi connectivity index (χ0n) is 11.4. The molecule has 19 heavy (non-hydrogen) atoms. The molecule has 0 fully saturated rings. The highest BCUT2D eigenvalue weighted by Crippen LogP contribution is 2.29. The maximum atomic E-state index is 5.30. The van der Waals surface area contributed by atoms with Crippen molar-refractivity contribution in [3.8, 4) is 11.5 Å². The Labute approximate surface area is 113 Å². The molecule has 0 bridgehead atoms. The summed E-state index contributed by atoms with van der Waals surface area (Å²) in [5.74, 6) is 1.55. The number of nitrogens with one attached hydrogen (secondary N) is 1. The van der Waals surface area contributed by atoms with Crippen LogP contribution in [0.1, 0.15) is 17.2 Å². The van der Waals surface area contributed by atoms with Crippen LogP contribution in [0.2, 0.25) is 0 Å². The Hall–Kier alpha value is -2.07. The number of aromatic nitrogens is 1. The van der Waals surface area contributed by atoms with Crippen molar-refractivity contribution in [2.75, 3.05) is 21.3 Å². The van der Waals surface area contributed by atoms with E-state index in [9.17, 15) is 0 Å². The number of nitrogens with zero attached hydrogens (tertiary/aromatic N) is 1. The standard InChI is InChI=1S/C15H18N2O2/c1-16-15(11-5-4-6-17-10-11)12-7-13(18-2)9-14(8-12)19-3/h4-10,15-16H,1-3H3. The molecule has 0 amide bonds. The third-order valence-electron chi connectivity index (χ3n) is 3.01. The lowest BCUT2D eigenvalue weighted by Crippen LogP contribution is -2.17. The Balaban J connectivity index is 2.43. The van der Waals surface area contributed by atoms with Gasteiger partial charge in [0.1, 0.15) is 11.5 Å². The van der Waals surface area contributed by atoms with Crippen molar-refractivity contribution >= 4 is 0 Å². The maximum Gasteiger partial charge on any atom is 0.122 e. The van der Waals surface area contributed by atoms with Gasteiger partial charge in [-0.1, -0.05) is 6.07 Å². The number of benzene rings is 1. The lowest BCUT2D eigenvalue weighted by atomic mass is 10.00. The molecule has 2 aromatic rings. The van der Waals surface area contributed by atoms with Crippen LogP contribution in [0.25, 0.3) is 0 Å². The molecule has 0 radical (unpaired) electrons. The molecule has 0 aliphatic carbocycles. The van der Waals surface area contributed by atoms with E-state index < -0.39 is 0 Å². The van der Waals surface area contributed by atoms with Gasteiger partial charge in [-0.05, 0) is 36.4 Å². The van der Waals surface area contributed by atoms with E-state index in [0.717, 1.165) is 22.6 Å². The molecule has 0 aliphatic rings. The highest BCUT2D eigenvalue weighted by molar-refractivity contribution is 5.42. The second-order valence-electron chi connectivity index (χ2n) is 4.15. The van der Waals surface area contributed by atoms with Gasteiger partial charge in [0.05, 0.1) is 20.3 Å². The summed E-state index contributed by atoms with van der Waals surface area (Å²) in [6, 6.07) is 9.88. The Morgan fingerprint density at radius 2 is 1.74 bits per heavy atom. The van der Waals surface area contributed by atoms with Crippen molar-refractivity contribution in [2.24, 2.45) is 0 Å². The molecular weight excluding hydrogens is 240 g/mol. The SMILES string of the molecule is CNC(c1cccnc1)c1cc(OC)cc(OC)c1. The van der Waals surface area contributed by atoms with E-state index in [2.05, 4.69) is 10.3 Å². The Bertz CT molecular complexity index is 507. The average Bonchev–Trinajstić information content (AvgIpc) is 2.48. The first-order valence-corrected chi connectivity index (χ1v) is 6.08. The quantitative estimate of drug-likeness (QED) is 0.894. The van der Waals surface area contributed by atoms with E-state index in [1.165, 1.54) is 0 Å². The predicted octanol–water partition coefficient (Wildman–Crippen LogP) is 2.41. The average molecular weight is 258 g/mol. The molecule has 1 atom stereocenters. The van der Waals surface area contributed by atoms with Crippen LogP contribution in [-0.4, -0.2) is 26.3 Å². The molecule has 1 heterocycles. The first kappa shape index (κ1) is 13.4. The van der Waals surface area contributed by atoms with Crippen LogP contribution in [0.4, 0.5) is 0 Å². The van der Waals surface area contributed by atoms with Gasteiger partial charge in [-0.25, -0.2) is 0 Å². The summed E-state index contributed by atoms with van der Waals surface area (Å²) in [4.78, 5) is 4.16. The summed E-state index contributed by atoms with van der Waals surface area (Å²) >= 11 is 0. The van der Waals surface area contributed by atoms with Gasteiger partial charge in [-0.2, -0.15) is 0 Å². The molecule has 1 unspecified atom stereocenters. The first-order valence-electron chi connectivity index (χ1n) is 6.08. The van der Waals surface area contributed by atoms with Gasteiger partial charge in [0.2, 0.25) is 0 Å². The predicted molar refractivity (Wildman–Crippen MR) is 74.7 cm³/mol. The van der Waals surface area contributed by atoms with Crippen LogP contribution in [0.15, 0.2) is 42.7 Å². The van der Waals surface area contributed by atoms with E-state index in [-0.39, 0.29) is 6.04 Å². The molecule has 1 aromatic heterocycles. The Morgan fingerprint density at radius 3 is 2.21 bits per heavy atom. The number of rotatable bonds is 5. The van der Waals surface area contributed by atoms with Crippen LogP contribution in [-0.2, 0) is 0 Å². The molecule has 1 N–H and O–H groups in total. The zero-order chi connectivity index (χ0) is 13.7. The minimum Gasteiger partial charge on any atom is -0.497 e. The molecule has 100 valence electrons. The van der Waals surface area contributed by atoms with E-state index in [1.54, 1.807) is 20.4 Å². The highest BCUT2D eigenvalue weighted by Gasteiger charge is 2.14. The summed E-state index contributed by atoms with van der Waals surface area (Å²) < 4.78 is 10.6. The summed E-state index contributed by atoms with van der Waals surface area (Å²) in [5, 5.41) is 3.29. The first-order chi connectivity index (χ1) is 9.28. The summed E-state index contributed by atoms with van der Waals surface area (Å²) in [5.41, 5.74) is 2.17. The van der Waals surface area contributed by atoms with Gasteiger partial charge in [0.15, 0.2) is 0 Å². The van der Waals surface area contributed by atoms with Crippen LogP contribution in [0.5, 0.6) is 11.5 Å². The highest BCUT2D eigenvalue weighted by atomic mass is 16.5. The fraction of sp³-hybridized carbons (Fsp3) is 0.267. The largest absolute Gasteiger partial charge is 0.497 e. The second-order valence-corrected chi connectivity index (χ2v) is 4.15. The minimum absolute atomic E-state index is 0.0534. The second kappa shape index (κ2) is 6.20. The van der Waals surface area contributed by atoms with Crippen molar-refractivity contribution in [3.05, 3.63) is 53.9 Å². The fourth-order valence-electron chi connectivity index (χ4n) is 2.07. The number of hydrogen-bond acceptors (Lipinski definition) is 4. The number of ether oxygens (including phenoxy) is 2. The van der Waals surface area contributed by atoms with Crippen molar-refractivity contribution in [1.29, 1.82) is 0 Å². The molecule has 4 nitrogen and oxygen atoms in total. The summed E-state index contributed by atoms with van der Waals surface area (Å²) in [6.45, 7) is 0. The van der Waals surface area contributed by atoms with Gasteiger partial charge < -0.3 is 14.8 Å². The third kappa shape index (κ3) is 3.03. The maximum absolute atomic E-state index is 5.30. The molecule has 0 aliphatic heterocycles. The summed E-state index contributed by atoms with van der Waals surface area (Å²) in [7, 11) is 5.22. The summed E-state index contributed by atoms with van der Waals surface area (Å²) in [6.07, 6.45) is 3.62. The van der Waals surface area contributed by atoms with Gasteiger partial charge in [-0.3, -0.25) is 4.98 Å². The van der Waals surface area contributed by atoms with E-state index in [4.69, 9.17) is 9.47 Å². The van der Waals surface area contributed by atoms with Crippen LogP contribution < -0.4 is 14.8 Å². The van der Waals surface area contributed by atoms with Gasteiger partial charge in [0, 0.05) is 18.5 Å².